The third-order valence-electron chi connectivity index (χ3n) is 0.847. The minimum Gasteiger partial charge on any atom is -0.293 e. The highest BCUT2D eigenvalue weighted by atomic mass is 79.9. The zero-order valence-electron chi connectivity index (χ0n) is 4.72. The predicted molar refractivity (Wildman–Crippen MR) is 39.8 cm³/mol. The van der Waals surface area contributed by atoms with Crippen LogP contribution in [0.25, 0.3) is 0 Å². The van der Waals surface area contributed by atoms with E-state index in [2.05, 4.69) is 20.3 Å². The molecular formula is C5H4BrNOS. The summed E-state index contributed by atoms with van der Waals surface area (Å²) in [6, 6.07) is 0. The first kappa shape index (κ1) is 6.89. The number of halogens is 1. The fourth-order valence-electron chi connectivity index (χ4n) is 0.460. The highest BCUT2D eigenvalue weighted by molar-refractivity contribution is 9.10. The minimum atomic E-state index is 0.0596. The van der Waals surface area contributed by atoms with Crippen molar-refractivity contribution >= 4 is 33.2 Å². The van der Waals surface area contributed by atoms with Crippen molar-refractivity contribution in [2.24, 2.45) is 0 Å². The maximum atomic E-state index is 10.7. The van der Waals surface area contributed by atoms with Crippen LogP contribution < -0.4 is 0 Å². The van der Waals surface area contributed by atoms with Gasteiger partial charge in [-0.1, -0.05) is 0 Å². The van der Waals surface area contributed by atoms with Crippen molar-refractivity contribution in [1.82, 2.24) is 4.37 Å². The molecular weight excluding hydrogens is 202 g/mol. The van der Waals surface area contributed by atoms with Crippen molar-refractivity contribution in [2.45, 2.75) is 6.92 Å². The van der Waals surface area contributed by atoms with E-state index in [1.54, 1.807) is 6.20 Å². The van der Waals surface area contributed by atoms with Crippen LogP contribution in [0.1, 0.15) is 16.6 Å². The summed E-state index contributed by atoms with van der Waals surface area (Å²) >= 11 is 4.41. The van der Waals surface area contributed by atoms with Crippen molar-refractivity contribution < 1.29 is 4.79 Å². The average Bonchev–Trinajstić information content (AvgIpc) is 2.13. The van der Waals surface area contributed by atoms with Crippen LogP contribution in [0.15, 0.2) is 10.7 Å². The molecule has 0 bridgehead atoms. The van der Waals surface area contributed by atoms with Crippen molar-refractivity contribution in [3.63, 3.8) is 0 Å². The largest absolute Gasteiger partial charge is 0.293 e. The average molecular weight is 206 g/mol. The number of Topliss-reactive ketones (excluding diaryl/α,β-unsaturated/α-hetero) is 1. The Morgan fingerprint density at radius 3 is 2.78 bits per heavy atom. The van der Waals surface area contributed by atoms with Crippen molar-refractivity contribution in [3.8, 4) is 0 Å². The Morgan fingerprint density at radius 1 is 1.89 bits per heavy atom. The van der Waals surface area contributed by atoms with Crippen LogP contribution in [0.5, 0.6) is 0 Å². The number of hydrogen-bond acceptors (Lipinski definition) is 3. The molecule has 0 fully saturated rings. The fourth-order valence-corrected chi connectivity index (χ4v) is 1.73. The summed E-state index contributed by atoms with van der Waals surface area (Å²) in [6.45, 7) is 1.53. The van der Waals surface area contributed by atoms with Crippen molar-refractivity contribution in [2.75, 3.05) is 0 Å². The monoisotopic (exact) mass is 205 g/mol. The Kier molecular flexibility index (Phi) is 1.97. The summed E-state index contributed by atoms with van der Waals surface area (Å²) in [4.78, 5) is 11.4. The van der Waals surface area contributed by atoms with E-state index in [0.717, 1.165) is 4.47 Å². The first-order valence-electron chi connectivity index (χ1n) is 2.33. The normalized spacial score (nSPS) is 9.56. The zero-order chi connectivity index (χ0) is 6.85. The molecule has 0 aliphatic heterocycles. The van der Waals surface area contributed by atoms with Crippen molar-refractivity contribution in [1.29, 1.82) is 0 Å². The lowest BCUT2D eigenvalue weighted by Crippen LogP contribution is -1.85. The Hall–Kier alpha value is -0.220. The van der Waals surface area contributed by atoms with Gasteiger partial charge >= 0.3 is 0 Å². The van der Waals surface area contributed by atoms with Gasteiger partial charge in [0.25, 0.3) is 0 Å². The first-order valence-corrected chi connectivity index (χ1v) is 3.89. The second-order valence-corrected chi connectivity index (χ2v) is 3.22. The lowest BCUT2D eigenvalue weighted by molar-refractivity contribution is 0.102. The van der Waals surface area contributed by atoms with Crippen LogP contribution in [-0.2, 0) is 0 Å². The Labute approximate surface area is 65.2 Å². The van der Waals surface area contributed by atoms with E-state index in [4.69, 9.17) is 0 Å². The summed E-state index contributed by atoms with van der Waals surface area (Å²) in [6.07, 6.45) is 1.63. The Morgan fingerprint density at radius 2 is 2.56 bits per heavy atom. The lowest BCUT2D eigenvalue weighted by atomic mass is 10.4. The highest BCUT2D eigenvalue weighted by Gasteiger charge is 2.05. The molecule has 0 atom stereocenters. The van der Waals surface area contributed by atoms with Gasteiger partial charge in [-0.2, -0.15) is 4.37 Å². The van der Waals surface area contributed by atoms with Gasteiger partial charge in [0.15, 0.2) is 5.78 Å². The highest BCUT2D eigenvalue weighted by Crippen LogP contribution is 2.19. The molecule has 1 aromatic heterocycles. The minimum absolute atomic E-state index is 0.0596. The standard InChI is InChI=1S/C5H4BrNOS/c1-3(8)5-4(6)2-7-9-5/h2H,1H3. The van der Waals surface area contributed by atoms with E-state index < -0.39 is 0 Å². The van der Waals surface area contributed by atoms with Gasteiger partial charge in [-0.15, -0.1) is 0 Å². The number of hydrogen-bond donors (Lipinski definition) is 0. The first-order chi connectivity index (χ1) is 4.22. The van der Waals surface area contributed by atoms with Gasteiger partial charge in [-0.3, -0.25) is 4.79 Å². The molecule has 0 amide bonds. The molecule has 0 aliphatic carbocycles. The van der Waals surface area contributed by atoms with Gasteiger partial charge in [0.2, 0.25) is 0 Å². The van der Waals surface area contributed by atoms with Crippen LogP contribution in [-0.4, -0.2) is 10.2 Å². The molecule has 2 nitrogen and oxygen atoms in total. The third-order valence-corrected chi connectivity index (χ3v) is 2.61. The number of carbonyl (C=O) groups is 1. The fraction of sp³-hybridized carbons (Fsp3) is 0.200. The summed E-state index contributed by atoms with van der Waals surface area (Å²) < 4.78 is 4.61. The number of rotatable bonds is 1. The van der Waals surface area contributed by atoms with Gasteiger partial charge in [-0.05, 0) is 27.5 Å². The molecule has 0 saturated carbocycles. The van der Waals surface area contributed by atoms with Crippen LogP contribution in [0.2, 0.25) is 0 Å². The molecule has 0 radical (unpaired) electrons. The second-order valence-electron chi connectivity index (χ2n) is 1.56. The molecule has 0 spiro atoms. The maximum Gasteiger partial charge on any atom is 0.172 e. The molecule has 0 saturated heterocycles. The molecule has 1 aromatic rings. The van der Waals surface area contributed by atoms with Crippen LogP contribution in [0.3, 0.4) is 0 Å². The number of nitrogens with zero attached hydrogens (tertiary/aromatic N) is 1. The SMILES string of the molecule is CC(=O)c1sncc1Br. The zero-order valence-corrected chi connectivity index (χ0v) is 7.12. The van der Waals surface area contributed by atoms with Gasteiger partial charge in [-0.25, -0.2) is 0 Å². The van der Waals surface area contributed by atoms with E-state index in [-0.39, 0.29) is 5.78 Å². The van der Waals surface area contributed by atoms with Gasteiger partial charge in [0.1, 0.15) is 4.88 Å². The number of aromatic nitrogens is 1. The second kappa shape index (κ2) is 2.58. The van der Waals surface area contributed by atoms with E-state index >= 15 is 0 Å². The number of ketones is 1. The van der Waals surface area contributed by atoms with Crippen LogP contribution in [0.4, 0.5) is 0 Å². The lowest BCUT2D eigenvalue weighted by Gasteiger charge is -1.83. The van der Waals surface area contributed by atoms with Crippen LogP contribution >= 0.6 is 27.5 Å². The molecule has 1 rings (SSSR count). The summed E-state index contributed by atoms with van der Waals surface area (Å²) in [5, 5.41) is 0. The molecule has 0 aliphatic rings. The maximum absolute atomic E-state index is 10.7. The molecule has 0 N–H and O–H groups in total. The quantitative estimate of drug-likeness (QED) is 0.658. The van der Waals surface area contributed by atoms with Gasteiger partial charge in [0, 0.05) is 6.92 Å². The molecule has 0 unspecified atom stereocenters. The third kappa shape index (κ3) is 1.37. The Bertz CT molecular complexity index is 233. The van der Waals surface area contributed by atoms with E-state index in [9.17, 15) is 4.79 Å². The van der Waals surface area contributed by atoms with E-state index in [1.165, 1.54) is 18.5 Å². The van der Waals surface area contributed by atoms with Crippen LogP contribution in [0, 0.1) is 0 Å². The summed E-state index contributed by atoms with van der Waals surface area (Å²) in [7, 11) is 0. The van der Waals surface area contributed by atoms with E-state index in [1.807, 2.05) is 0 Å². The number of carbonyl (C=O) groups excluding carboxylic acids is 1. The molecule has 9 heavy (non-hydrogen) atoms. The van der Waals surface area contributed by atoms with Gasteiger partial charge in [0.05, 0.1) is 10.7 Å². The van der Waals surface area contributed by atoms with Crippen molar-refractivity contribution in [3.05, 3.63) is 15.5 Å². The Balaban J connectivity index is 3.08. The smallest absolute Gasteiger partial charge is 0.172 e. The molecule has 4 heteroatoms. The summed E-state index contributed by atoms with van der Waals surface area (Å²) in [5.74, 6) is 0.0596. The van der Waals surface area contributed by atoms with E-state index in [0.29, 0.717) is 4.88 Å². The molecule has 48 valence electrons. The topological polar surface area (TPSA) is 30.0 Å². The predicted octanol–water partition coefficient (Wildman–Crippen LogP) is 2.11. The molecule has 1 heterocycles. The summed E-state index contributed by atoms with van der Waals surface area (Å²) in [5.41, 5.74) is 0. The van der Waals surface area contributed by atoms with Gasteiger partial charge < -0.3 is 0 Å². The molecule has 0 aromatic carbocycles.